The van der Waals surface area contributed by atoms with Crippen LogP contribution in [0.4, 0.5) is 0 Å². The molecule has 0 aromatic carbocycles. The molecule has 0 bridgehead atoms. The van der Waals surface area contributed by atoms with E-state index in [4.69, 9.17) is 4.74 Å². The smallest absolute Gasteiger partial charge is 0.234 e. The first-order valence-corrected chi connectivity index (χ1v) is 10.1. The van der Waals surface area contributed by atoms with E-state index in [1.807, 2.05) is 20.9 Å². The molecule has 0 atom stereocenters. The fourth-order valence-corrected chi connectivity index (χ4v) is 3.80. The maximum absolute atomic E-state index is 12.0. The first kappa shape index (κ1) is 25.4. The third-order valence-corrected chi connectivity index (χ3v) is 5.65. The highest BCUT2D eigenvalue weighted by Gasteiger charge is 2.35. The molecule has 28 heavy (non-hydrogen) atoms. The van der Waals surface area contributed by atoms with Crippen LogP contribution in [-0.4, -0.2) is 112 Å². The van der Waals surface area contributed by atoms with Gasteiger partial charge in [-0.05, 0) is 40.8 Å². The van der Waals surface area contributed by atoms with Crippen molar-refractivity contribution in [2.45, 2.75) is 38.3 Å². The molecular formula is C19H39IN6O2. The van der Waals surface area contributed by atoms with Gasteiger partial charge < -0.3 is 25.2 Å². The van der Waals surface area contributed by atoms with Crippen LogP contribution in [-0.2, 0) is 9.53 Å². The van der Waals surface area contributed by atoms with Gasteiger partial charge in [-0.2, -0.15) is 0 Å². The van der Waals surface area contributed by atoms with Crippen molar-refractivity contribution in [2.75, 3.05) is 73.6 Å². The molecule has 2 heterocycles. The molecule has 2 aliphatic heterocycles. The van der Waals surface area contributed by atoms with Gasteiger partial charge in [-0.15, -0.1) is 24.0 Å². The number of hydrogen-bond donors (Lipinski definition) is 2. The molecular weight excluding hydrogens is 471 g/mol. The second-order valence-electron chi connectivity index (χ2n) is 8.12. The zero-order chi connectivity index (χ0) is 19.9. The van der Waals surface area contributed by atoms with Crippen molar-refractivity contribution >= 4 is 35.8 Å². The first-order chi connectivity index (χ1) is 12.9. The number of likely N-dealkylation sites (N-methyl/N-ethyl adjacent to an activating group) is 1. The van der Waals surface area contributed by atoms with E-state index in [2.05, 4.69) is 44.4 Å². The lowest BCUT2D eigenvalue weighted by Gasteiger charge is -2.44. The third kappa shape index (κ3) is 7.31. The zero-order valence-corrected chi connectivity index (χ0v) is 20.5. The fraction of sp³-hybridized carbons (Fsp3) is 0.895. The summed E-state index contributed by atoms with van der Waals surface area (Å²) in [6, 6.07) is 0.191. The van der Waals surface area contributed by atoms with Crippen molar-refractivity contribution in [3.8, 4) is 0 Å². The van der Waals surface area contributed by atoms with Crippen LogP contribution in [0.1, 0.15) is 26.7 Å². The summed E-state index contributed by atoms with van der Waals surface area (Å²) in [6.45, 7) is 10.5. The number of carbonyl (C=O) groups is 1. The average molecular weight is 510 g/mol. The number of halogens is 1. The molecule has 2 N–H and O–H groups in total. The Morgan fingerprint density at radius 1 is 1.18 bits per heavy atom. The molecule has 2 fully saturated rings. The number of guanidine groups is 1. The Morgan fingerprint density at radius 3 is 2.29 bits per heavy atom. The normalized spacial score (nSPS) is 20.8. The largest absolute Gasteiger partial charge is 0.381 e. The van der Waals surface area contributed by atoms with Gasteiger partial charge in [0.2, 0.25) is 5.91 Å². The molecule has 0 spiro atoms. The fourth-order valence-electron chi connectivity index (χ4n) is 3.80. The van der Waals surface area contributed by atoms with Crippen molar-refractivity contribution in [1.82, 2.24) is 25.3 Å². The maximum atomic E-state index is 12.0. The van der Waals surface area contributed by atoms with Gasteiger partial charge in [0.05, 0.1) is 6.54 Å². The number of ether oxygens (including phenoxy) is 1. The van der Waals surface area contributed by atoms with Crippen molar-refractivity contribution in [2.24, 2.45) is 4.99 Å². The predicted octanol–water partition coefficient (Wildman–Crippen LogP) is 0.433. The Balaban J connectivity index is 0.00000392. The molecule has 0 radical (unpaired) electrons. The van der Waals surface area contributed by atoms with E-state index in [-0.39, 0.29) is 41.5 Å². The summed E-state index contributed by atoms with van der Waals surface area (Å²) in [4.78, 5) is 23.3. The van der Waals surface area contributed by atoms with Crippen molar-refractivity contribution in [1.29, 1.82) is 0 Å². The number of aliphatic imine (C=N–C) groups is 1. The standard InChI is InChI=1S/C19H38N6O2.HI/c1-16(2)22-17(26)14-24-8-10-25(11-9-24)18(20-3)21-15-19(23(4)5)6-12-27-13-7-19;/h16H,6-15H2,1-5H3,(H,20,21)(H,22,26);1H. The quantitative estimate of drug-likeness (QED) is 0.307. The molecule has 8 nitrogen and oxygen atoms in total. The second-order valence-corrected chi connectivity index (χ2v) is 8.12. The van der Waals surface area contributed by atoms with E-state index >= 15 is 0 Å². The van der Waals surface area contributed by atoms with Crippen LogP contribution < -0.4 is 10.6 Å². The van der Waals surface area contributed by atoms with Gasteiger partial charge in [-0.25, -0.2) is 0 Å². The van der Waals surface area contributed by atoms with Gasteiger partial charge in [0.15, 0.2) is 5.96 Å². The topological polar surface area (TPSA) is 72.4 Å². The number of nitrogens with zero attached hydrogens (tertiary/aromatic N) is 4. The molecule has 1 amide bonds. The van der Waals surface area contributed by atoms with Crippen LogP contribution >= 0.6 is 24.0 Å². The highest BCUT2D eigenvalue weighted by molar-refractivity contribution is 14.0. The Labute approximate surface area is 187 Å². The van der Waals surface area contributed by atoms with Crippen LogP contribution in [0.15, 0.2) is 4.99 Å². The van der Waals surface area contributed by atoms with Crippen LogP contribution in [0, 0.1) is 0 Å². The van der Waals surface area contributed by atoms with E-state index in [0.29, 0.717) is 6.54 Å². The number of amides is 1. The second kappa shape index (κ2) is 12.1. The number of rotatable bonds is 6. The van der Waals surface area contributed by atoms with Crippen LogP contribution in [0.25, 0.3) is 0 Å². The summed E-state index contributed by atoms with van der Waals surface area (Å²) in [6.07, 6.45) is 2.06. The minimum Gasteiger partial charge on any atom is -0.381 e. The Hall–Kier alpha value is -0.650. The average Bonchev–Trinajstić information content (AvgIpc) is 2.63. The summed E-state index contributed by atoms with van der Waals surface area (Å²) in [5, 5.41) is 6.56. The molecule has 2 rings (SSSR count). The van der Waals surface area contributed by atoms with E-state index < -0.39 is 0 Å². The van der Waals surface area contributed by atoms with E-state index in [9.17, 15) is 4.79 Å². The Morgan fingerprint density at radius 2 is 1.79 bits per heavy atom. The minimum atomic E-state index is 0. The summed E-state index contributed by atoms with van der Waals surface area (Å²) in [7, 11) is 6.14. The van der Waals surface area contributed by atoms with Crippen LogP contribution in [0.2, 0.25) is 0 Å². The lowest BCUT2D eigenvalue weighted by molar-refractivity contribution is -0.123. The van der Waals surface area contributed by atoms with Gasteiger partial charge in [0.1, 0.15) is 0 Å². The van der Waals surface area contributed by atoms with Crippen molar-refractivity contribution in [3.05, 3.63) is 0 Å². The van der Waals surface area contributed by atoms with Crippen molar-refractivity contribution in [3.63, 3.8) is 0 Å². The lowest BCUT2D eigenvalue weighted by Crippen LogP contribution is -2.59. The van der Waals surface area contributed by atoms with Gasteiger partial charge >= 0.3 is 0 Å². The number of nitrogens with one attached hydrogen (secondary N) is 2. The van der Waals surface area contributed by atoms with Gasteiger partial charge in [-0.1, -0.05) is 0 Å². The van der Waals surface area contributed by atoms with Crippen molar-refractivity contribution < 1.29 is 9.53 Å². The molecule has 164 valence electrons. The molecule has 0 aromatic rings. The number of hydrogen-bond acceptors (Lipinski definition) is 5. The molecule has 2 aliphatic rings. The highest BCUT2D eigenvalue weighted by Crippen LogP contribution is 2.25. The van der Waals surface area contributed by atoms with E-state index in [0.717, 1.165) is 64.7 Å². The predicted molar refractivity (Wildman–Crippen MR) is 125 cm³/mol. The van der Waals surface area contributed by atoms with Gasteiger partial charge in [-0.3, -0.25) is 14.7 Å². The zero-order valence-electron chi connectivity index (χ0n) is 18.2. The molecule has 2 saturated heterocycles. The van der Waals surface area contributed by atoms with Gasteiger partial charge in [0, 0.05) is 64.6 Å². The molecule has 0 saturated carbocycles. The first-order valence-electron chi connectivity index (χ1n) is 10.1. The van der Waals surface area contributed by atoms with Crippen LogP contribution in [0.5, 0.6) is 0 Å². The summed E-state index contributed by atoms with van der Waals surface area (Å²) in [5.74, 6) is 1.06. The minimum absolute atomic E-state index is 0. The monoisotopic (exact) mass is 510 g/mol. The Kier molecular flexibility index (Phi) is 11.0. The number of piperazine rings is 1. The molecule has 0 aliphatic carbocycles. The summed E-state index contributed by atoms with van der Waals surface area (Å²) < 4.78 is 5.56. The van der Waals surface area contributed by atoms with E-state index in [1.54, 1.807) is 0 Å². The lowest BCUT2D eigenvalue weighted by atomic mass is 9.88. The summed E-state index contributed by atoms with van der Waals surface area (Å²) in [5.41, 5.74) is 0.116. The third-order valence-electron chi connectivity index (χ3n) is 5.65. The SMILES string of the molecule is CN=C(NCC1(N(C)C)CCOCC1)N1CCN(CC(=O)NC(C)C)CC1.I. The molecule has 0 unspecified atom stereocenters. The molecule has 0 aromatic heterocycles. The van der Waals surface area contributed by atoms with Gasteiger partial charge in [0.25, 0.3) is 0 Å². The highest BCUT2D eigenvalue weighted by atomic mass is 127. The van der Waals surface area contributed by atoms with E-state index in [1.165, 1.54) is 0 Å². The Bertz CT molecular complexity index is 501. The maximum Gasteiger partial charge on any atom is 0.234 e. The summed E-state index contributed by atoms with van der Waals surface area (Å²) >= 11 is 0. The molecule has 9 heteroatoms. The van der Waals surface area contributed by atoms with Crippen LogP contribution in [0.3, 0.4) is 0 Å². The number of carbonyl (C=O) groups excluding carboxylic acids is 1.